The third-order valence-electron chi connectivity index (χ3n) is 2.07. The van der Waals surface area contributed by atoms with Gasteiger partial charge in [-0.25, -0.2) is 4.98 Å². The number of carboxylic acids is 1. The van der Waals surface area contributed by atoms with Gasteiger partial charge in [-0.15, -0.1) is 11.3 Å². The molecule has 1 aromatic heterocycles. The summed E-state index contributed by atoms with van der Waals surface area (Å²) in [5, 5.41) is 8.54. The second-order valence-electron chi connectivity index (χ2n) is 3.44. The van der Waals surface area contributed by atoms with Gasteiger partial charge in [-0.2, -0.15) is 0 Å². The molecule has 16 heavy (non-hydrogen) atoms. The smallest absolute Gasteiger partial charge is 0.304 e. The van der Waals surface area contributed by atoms with Crippen molar-refractivity contribution in [2.24, 2.45) is 0 Å². The topological polar surface area (TPSA) is 50.2 Å². The van der Waals surface area contributed by atoms with Gasteiger partial charge < -0.3 is 5.11 Å². The molecule has 2 rings (SSSR count). The predicted molar refractivity (Wildman–Crippen MR) is 67.3 cm³/mol. The number of aliphatic carboxylic acids is 1. The Morgan fingerprint density at radius 1 is 1.56 bits per heavy atom. The monoisotopic (exact) mass is 253 g/mol. The molecule has 0 radical (unpaired) electrons. The van der Waals surface area contributed by atoms with Gasteiger partial charge in [-0.1, -0.05) is 17.8 Å². The number of fused-ring (bicyclic) bond motifs is 1. The molecule has 1 heterocycles. The van der Waals surface area contributed by atoms with E-state index in [2.05, 4.69) is 18.0 Å². The van der Waals surface area contributed by atoms with E-state index in [9.17, 15) is 4.79 Å². The number of aromatic nitrogens is 1. The third kappa shape index (κ3) is 2.74. The molecule has 0 spiro atoms. The number of nitrogens with zero attached hydrogens (tertiary/aromatic N) is 1. The Balaban J connectivity index is 2.10. The number of rotatable bonds is 4. The van der Waals surface area contributed by atoms with Crippen LogP contribution in [0.5, 0.6) is 0 Å². The summed E-state index contributed by atoms with van der Waals surface area (Å²) >= 11 is 3.13. The van der Waals surface area contributed by atoms with Crippen LogP contribution in [0.4, 0.5) is 0 Å². The Bertz CT molecular complexity index is 522. The van der Waals surface area contributed by atoms with Crippen LogP contribution in [-0.4, -0.2) is 21.8 Å². The van der Waals surface area contributed by atoms with E-state index in [1.54, 1.807) is 11.3 Å². The fourth-order valence-electron chi connectivity index (χ4n) is 1.30. The standard InChI is InChI=1S/C11H11NO2S2/c1-7-2-3-8-9(6-7)16-11(12-8)15-5-4-10(13)14/h2-3,6H,4-5H2,1H3,(H,13,14). The Hall–Kier alpha value is -1.07. The fourth-order valence-corrected chi connectivity index (χ4v) is 3.46. The number of carbonyl (C=O) groups is 1. The quantitative estimate of drug-likeness (QED) is 0.850. The van der Waals surface area contributed by atoms with E-state index in [1.807, 2.05) is 12.1 Å². The van der Waals surface area contributed by atoms with Crippen LogP contribution in [-0.2, 0) is 4.79 Å². The first-order valence-electron chi connectivity index (χ1n) is 4.87. The van der Waals surface area contributed by atoms with Gasteiger partial charge in [0.1, 0.15) is 0 Å². The molecule has 0 bridgehead atoms. The maximum Gasteiger partial charge on any atom is 0.304 e. The van der Waals surface area contributed by atoms with Gasteiger partial charge in [0, 0.05) is 5.75 Å². The molecule has 5 heteroatoms. The van der Waals surface area contributed by atoms with Crippen LogP contribution < -0.4 is 0 Å². The maximum atomic E-state index is 10.4. The van der Waals surface area contributed by atoms with Crippen molar-refractivity contribution >= 4 is 39.3 Å². The average Bonchev–Trinajstić information content (AvgIpc) is 2.58. The number of benzene rings is 1. The largest absolute Gasteiger partial charge is 0.481 e. The molecule has 1 N–H and O–H groups in total. The summed E-state index contributed by atoms with van der Waals surface area (Å²) in [6, 6.07) is 6.14. The molecule has 0 aliphatic carbocycles. The maximum absolute atomic E-state index is 10.4. The van der Waals surface area contributed by atoms with E-state index < -0.39 is 5.97 Å². The average molecular weight is 253 g/mol. The van der Waals surface area contributed by atoms with E-state index in [1.165, 1.54) is 17.3 Å². The minimum Gasteiger partial charge on any atom is -0.481 e. The Labute approximate surface area is 102 Å². The van der Waals surface area contributed by atoms with Gasteiger partial charge >= 0.3 is 5.97 Å². The number of hydrogen-bond donors (Lipinski definition) is 1. The Morgan fingerprint density at radius 2 is 2.38 bits per heavy atom. The molecular weight excluding hydrogens is 242 g/mol. The van der Waals surface area contributed by atoms with Gasteiger partial charge in [-0.05, 0) is 24.6 Å². The minimum atomic E-state index is -0.760. The number of aryl methyl sites for hydroxylation is 1. The van der Waals surface area contributed by atoms with Crippen molar-refractivity contribution in [2.75, 3.05) is 5.75 Å². The molecular formula is C11H11NO2S2. The summed E-state index contributed by atoms with van der Waals surface area (Å²) in [5.41, 5.74) is 2.21. The van der Waals surface area contributed by atoms with Gasteiger partial charge in [0.15, 0.2) is 4.34 Å². The van der Waals surface area contributed by atoms with Crippen molar-refractivity contribution in [3.05, 3.63) is 23.8 Å². The van der Waals surface area contributed by atoms with Crippen LogP contribution in [0.15, 0.2) is 22.5 Å². The molecule has 0 unspecified atom stereocenters. The SMILES string of the molecule is Cc1ccc2nc(SCCC(=O)O)sc2c1. The molecule has 0 atom stereocenters. The van der Waals surface area contributed by atoms with Crippen LogP contribution in [0.3, 0.4) is 0 Å². The Kier molecular flexibility index (Phi) is 3.46. The number of carboxylic acid groups (broad SMARTS) is 1. The van der Waals surface area contributed by atoms with Gasteiger partial charge in [-0.3, -0.25) is 4.79 Å². The van der Waals surface area contributed by atoms with E-state index in [-0.39, 0.29) is 6.42 Å². The lowest BCUT2D eigenvalue weighted by molar-refractivity contribution is -0.136. The zero-order valence-electron chi connectivity index (χ0n) is 8.77. The van der Waals surface area contributed by atoms with Crippen molar-refractivity contribution in [2.45, 2.75) is 17.7 Å². The summed E-state index contributed by atoms with van der Waals surface area (Å²) in [4.78, 5) is 14.8. The lowest BCUT2D eigenvalue weighted by Crippen LogP contribution is -1.95. The normalized spacial score (nSPS) is 10.8. The molecule has 3 nitrogen and oxygen atoms in total. The van der Waals surface area contributed by atoms with Gasteiger partial charge in [0.25, 0.3) is 0 Å². The molecule has 0 aliphatic heterocycles. The summed E-state index contributed by atoms with van der Waals surface area (Å²) in [7, 11) is 0. The fraction of sp³-hybridized carbons (Fsp3) is 0.273. The lowest BCUT2D eigenvalue weighted by Gasteiger charge is -1.91. The first kappa shape index (κ1) is 11.4. The molecule has 0 saturated heterocycles. The predicted octanol–water partition coefficient (Wildman–Crippen LogP) is 3.17. The van der Waals surface area contributed by atoms with E-state index in [0.29, 0.717) is 5.75 Å². The number of hydrogen-bond acceptors (Lipinski definition) is 4. The van der Waals surface area contributed by atoms with Crippen molar-refractivity contribution in [3.63, 3.8) is 0 Å². The van der Waals surface area contributed by atoms with Crippen molar-refractivity contribution < 1.29 is 9.90 Å². The number of thiazole rings is 1. The number of thioether (sulfide) groups is 1. The van der Waals surface area contributed by atoms with E-state index in [4.69, 9.17) is 5.11 Å². The van der Waals surface area contributed by atoms with Crippen LogP contribution >= 0.6 is 23.1 Å². The summed E-state index contributed by atoms with van der Waals surface area (Å²) in [5.74, 6) is -0.182. The van der Waals surface area contributed by atoms with Crippen LogP contribution in [0.2, 0.25) is 0 Å². The first-order valence-corrected chi connectivity index (χ1v) is 6.67. The minimum absolute atomic E-state index is 0.180. The van der Waals surface area contributed by atoms with Crippen molar-refractivity contribution in [3.8, 4) is 0 Å². The lowest BCUT2D eigenvalue weighted by atomic mass is 10.2. The Morgan fingerprint density at radius 3 is 3.12 bits per heavy atom. The zero-order valence-corrected chi connectivity index (χ0v) is 10.4. The highest BCUT2D eigenvalue weighted by molar-refractivity contribution is 8.01. The van der Waals surface area contributed by atoms with Crippen molar-refractivity contribution in [1.29, 1.82) is 0 Å². The highest BCUT2D eigenvalue weighted by atomic mass is 32.2. The third-order valence-corrected chi connectivity index (χ3v) is 4.23. The highest BCUT2D eigenvalue weighted by Gasteiger charge is 2.05. The molecule has 84 valence electrons. The second kappa shape index (κ2) is 4.84. The van der Waals surface area contributed by atoms with Gasteiger partial charge in [0.05, 0.1) is 16.6 Å². The molecule has 0 fully saturated rings. The summed E-state index contributed by atoms with van der Waals surface area (Å²) < 4.78 is 2.11. The molecule has 1 aromatic carbocycles. The highest BCUT2D eigenvalue weighted by Crippen LogP contribution is 2.30. The summed E-state index contributed by atoms with van der Waals surface area (Å²) in [6.07, 6.45) is 0.180. The second-order valence-corrected chi connectivity index (χ2v) is 5.82. The zero-order chi connectivity index (χ0) is 11.5. The van der Waals surface area contributed by atoms with Gasteiger partial charge in [0.2, 0.25) is 0 Å². The first-order chi connectivity index (χ1) is 7.65. The van der Waals surface area contributed by atoms with Crippen LogP contribution in [0, 0.1) is 6.92 Å². The molecule has 2 aromatic rings. The molecule has 0 aliphatic rings. The van der Waals surface area contributed by atoms with Crippen LogP contribution in [0.25, 0.3) is 10.2 Å². The van der Waals surface area contributed by atoms with Crippen molar-refractivity contribution in [1.82, 2.24) is 4.98 Å². The van der Waals surface area contributed by atoms with E-state index >= 15 is 0 Å². The summed E-state index contributed by atoms with van der Waals surface area (Å²) in [6.45, 7) is 2.05. The van der Waals surface area contributed by atoms with E-state index in [0.717, 1.165) is 14.6 Å². The van der Waals surface area contributed by atoms with Crippen LogP contribution in [0.1, 0.15) is 12.0 Å². The molecule has 0 saturated carbocycles. The molecule has 0 amide bonds.